The third-order valence-electron chi connectivity index (χ3n) is 6.96. The van der Waals surface area contributed by atoms with Crippen molar-refractivity contribution in [2.45, 2.75) is 49.1 Å². The molecule has 1 saturated carbocycles. The Labute approximate surface area is 217 Å². The van der Waals surface area contributed by atoms with Crippen molar-refractivity contribution in [1.82, 2.24) is 9.62 Å². The zero-order valence-electron chi connectivity index (χ0n) is 21.2. The molecule has 0 spiro atoms. The van der Waals surface area contributed by atoms with E-state index in [1.54, 1.807) is 67.6 Å². The van der Waals surface area contributed by atoms with Gasteiger partial charge in [-0.1, -0.05) is 31.0 Å². The van der Waals surface area contributed by atoms with Gasteiger partial charge in [0.05, 0.1) is 30.7 Å². The second-order valence-corrected chi connectivity index (χ2v) is 11.0. The van der Waals surface area contributed by atoms with Crippen LogP contribution < -0.4 is 14.2 Å². The number of hydrogen-bond donors (Lipinski definition) is 1. The fourth-order valence-electron chi connectivity index (χ4n) is 4.82. The molecule has 9 heteroatoms. The van der Waals surface area contributed by atoms with Crippen molar-refractivity contribution in [2.75, 3.05) is 21.3 Å². The van der Waals surface area contributed by atoms with Crippen LogP contribution in [0.2, 0.25) is 0 Å². The number of nitrogens with zero attached hydrogens (tertiary/aromatic N) is 2. The lowest BCUT2D eigenvalue weighted by molar-refractivity contribution is -0.133. The SMILES string of the molecule is COc1cc2ccc(S(=O)(=O)N[C@@H](Cc3ccc(C#N)cc3)C(=O)N(C)C3CCCC3)cc2cc1OC. The summed E-state index contributed by atoms with van der Waals surface area (Å²) in [5.74, 6) is 0.767. The number of hydrogen-bond acceptors (Lipinski definition) is 6. The minimum Gasteiger partial charge on any atom is -0.493 e. The smallest absolute Gasteiger partial charge is 0.241 e. The Morgan fingerprint density at radius 1 is 1.03 bits per heavy atom. The van der Waals surface area contributed by atoms with Crippen molar-refractivity contribution in [2.24, 2.45) is 0 Å². The molecule has 3 aromatic carbocycles. The molecule has 0 radical (unpaired) electrons. The number of carbonyl (C=O) groups excluding carboxylic acids is 1. The van der Waals surface area contributed by atoms with E-state index in [0.29, 0.717) is 22.4 Å². The molecule has 0 bridgehead atoms. The van der Waals surface area contributed by atoms with E-state index in [9.17, 15) is 13.2 Å². The maximum atomic E-state index is 13.5. The number of ether oxygens (including phenoxy) is 2. The Morgan fingerprint density at radius 3 is 2.24 bits per heavy atom. The lowest BCUT2D eigenvalue weighted by atomic mass is 10.0. The van der Waals surface area contributed by atoms with Crippen LogP contribution in [0, 0.1) is 11.3 Å². The molecule has 1 aliphatic rings. The van der Waals surface area contributed by atoms with Crippen LogP contribution in [0.3, 0.4) is 0 Å². The summed E-state index contributed by atoms with van der Waals surface area (Å²) in [4.78, 5) is 15.3. The van der Waals surface area contributed by atoms with Gasteiger partial charge in [-0.2, -0.15) is 9.98 Å². The van der Waals surface area contributed by atoms with Gasteiger partial charge in [0, 0.05) is 13.1 Å². The molecule has 194 valence electrons. The first kappa shape index (κ1) is 26.5. The molecule has 1 atom stereocenters. The normalized spacial score (nSPS) is 14.8. The van der Waals surface area contributed by atoms with Gasteiger partial charge >= 0.3 is 0 Å². The van der Waals surface area contributed by atoms with Gasteiger partial charge in [0.25, 0.3) is 0 Å². The van der Waals surface area contributed by atoms with Gasteiger partial charge in [-0.3, -0.25) is 4.79 Å². The first-order chi connectivity index (χ1) is 17.7. The molecule has 4 rings (SSSR count). The summed E-state index contributed by atoms with van der Waals surface area (Å²) in [5, 5.41) is 10.6. The highest BCUT2D eigenvalue weighted by Crippen LogP contribution is 2.33. The van der Waals surface area contributed by atoms with E-state index in [1.807, 2.05) is 0 Å². The Morgan fingerprint density at radius 2 is 1.65 bits per heavy atom. The van der Waals surface area contributed by atoms with Crippen molar-refractivity contribution in [1.29, 1.82) is 5.26 Å². The summed E-state index contributed by atoms with van der Waals surface area (Å²) in [5.41, 5.74) is 1.26. The standard InChI is InChI=1S/C28H31N3O5S/c1-31(23-6-4-5-7-23)28(32)25(14-19-8-10-20(18-29)11-9-19)30-37(33,34)24-13-12-21-16-26(35-2)27(36-3)17-22(21)15-24/h8-13,15-17,23,25,30H,4-7,14H2,1-3H3/t25-/m0/s1. The fourth-order valence-corrected chi connectivity index (χ4v) is 6.05. The van der Waals surface area contributed by atoms with E-state index < -0.39 is 16.1 Å². The summed E-state index contributed by atoms with van der Waals surface area (Å²) in [7, 11) is 0.763. The molecule has 1 N–H and O–H groups in total. The Hall–Kier alpha value is -3.61. The van der Waals surface area contributed by atoms with Crippen LogP contribution in [-0.2, 0) is 21.2 Å². The van der Waals surface area contributed by atoms with E-state index in [-0.39, 0.29) is 23.3 Å². The molecule has 0 unspecified atom stereocenters. The van der Waals surface area contributed by atoms with E-state index in [0.717, 1.165) is 36.6 Å². The van der Waals surface area contributed by atoms with Gasteiger partial charge in [0.2, 0.25) is 15.9 Å². The largest absolute Gasteiger partial charge is 0.493 e. The van der Waals surface area contributed by atoms with E-state index in [1.165, 1.54) is 13.2 Å². The number of sulfonamides is 1. The molecule has 0 aromatic heterocycles. The third-order valence-corrected chi connectivity index (χ3v) is 8.43. The molecule has 0 saturated heterocycles. The maximum absolute atomic E-state index is 13.5. The molecule has 1 fully saturated rings. The number of carbonyl (C=O) groups is 1. The molecule has 0 heterocycles. The van der Waals surface area contributed by atoms with E-state index in [4.69, 9.17) is 14.7 Å². The van der Waals surface area contributed by atoms with Crippen molar-refractivity contribution < 1.29 is 22.7 Å². The molecule has 1 aliphatic carbocycles. The van der Waals surface area contributed by atoms with Crippen LogP contribution in [0.25, 0.3) is 10.8 Å². The summed E-state index contributed by atoms with van der Waals surface area (Å²) >= 11 is 0. The number of fused-ring (bicyclic) bond motifs is 1. The first-order valence-corrected chi connectivity index (χ1v) is 13.7. The van der Waals surface area contributed by atoms with Crippen molar-refractivity contribution in [3.05, 3.63) is 65.7 Å². The quantitative estimate of drug-likeness (QED) is 0.456. The van der Waals surface area contributed by atoms with Gasteiger partial charge in [0.15, 0.2) is 11.5 Å². The highest BCUT2D eigenvalue weighted by atomic mass is 32.2. The average molecular weight is 522 g/mol. The number of nitrogens with one attached hydrogen (secondary N) is 1. The minimum atomic E-state index is -4.04. The zero-order valence-corrected chi connectivity index (χ0v) is 22.0. The first-order valence-electron chi connectivity index (χ1n) is 12.2. The van der Waals surface area contributed by atoms with Crippen LogP contribution in [0.5, 0.6) is 11.5 Å². The Kier molecular flexibility index (Phi) is 8.00. The molecular formula is C28H31N3O5S. The summed E-state index contributed by atoms with van der Waals surface area (Å²) in [6.45, 7) is 0. The van der Waals surface area contributed by atoms with Gasteiger partial charge < -0.3 is 14.4 Å². The van der Waals surface area contributed by atoms with E-state index in [2.05, 4.69) is 10.8 Å². The summed E-state index contributed by atoms with van der Waals surface area (Å²) in [6.07, 6.45) is 4.10. The maximum Gasteiger partial charge on any atom is 0.241 e. The van der Waals surface area contributed by atoms with Gasteiger partial charge in [-0.25, -0.2) is 8.42 Å². The third kappa shape index (κ3) is 5.87. The minimum absolute atomic E-state index is 0.0494. The van der Waals surface area contributed by atoms with E-state index >= 15 is 0 Å². The molecule has 0 aliphatic heterocycles. The van der Waals surface area contributed by atoms with Crippen molar-refractivity contribution >= 4 is 26.7 Å². The molecular weight excluding hydrogens is 490 g/mol. The number of likely N-dealkylation sites (N-methyl/N-ethyl adjacent to an activating group) is 1. The predicted octanol–water partition coefficient (Wildman–Crippen LogP) is 4.02. The van der Waals surface area contributed by atoms with Gasteiger partial charge in [-0.15, -0.1) is 0 Å². The number of methoxy groups -OCH3 is 2. The lowest BCUT2D eigenvalue weighted by Crippen LogP contribution is -2.50. The fraction of sp³-hybridized carbons (Fsp3) is 0.357. The Balaban J connectivity index is 1.65. The second-order valence-electron chi connectivity index (χ2n) is 9.29. The molecule has 1 amide bonds. The topological polar surface area (TPSA) is 109 Å². The van der Waals surface area contributed by atoms with Gasteiger partial charge in [0.1, 0.15) is 6.04 Å². The number of nitriles is 1. The summed E-state index contributed by atoms with van der Waals surface area (Å²) in [6, 6.07) is 16.3. The molecule has 37 heavy (non-hydrogen) atoms. The van der Waals surface area contributed by atoms with Crippen LogP contribution in [0.4, 0.5) is 0 Å². The molecule has 3 aromatic rings. The van der Waals surface area contributed by atoms with Crippen LogP contribution in [0.1, 0.15) is 36.8 Å². The second kappa shape index (κ2) is 11.2. The highest BCUT2D eigenvalue weighted by Gasteiger charge is 2.32. The highest BCUT2D eigenvalue weighted by molar-refractivity contribution is 7.89. The van der Waals surface area contributed by atoms with Crippen molar-refractivity contribution in [3.63, 3.8) is 0 Å². The van der Waals surface area contributed by atoms with Crippen molar-refractivity contribution in [3.8, 4) is 17.6 Å². The lowest BCUT2D eigenvalue weighted by Gasteiger charge is -2.29. The van der Waals surface area contributed by atoms with Crippen LogP contribution in [-0.4, -0.2) is 52.6 Å². The Bertz CT molecular complexity index is 1420. The average Bonchev–Trinajstić information content (AvgIpc) is 3.46. The van der Waals surface area contributed by atoms with Crippen LogP contribution in [0.15, 0.2) is 59.5 Å². The van der Waals surface area contributed by atoms with Crippen LogP contribution >= 0.6 is 0 Å². The zero-order chi connectivity index (χ0) is 26.6. The van der Waals surface area contributed by atoms with Gasteiger partial charge in [-0.05, 0) is 72.0 Å². The monoisotopic (exact) mass is 521 g/mol. The number of rotatable bonds is 9. The molecule has 8 nitrogen and oxygen atoms in total. The number of benzene rings is 3. The number of amides is 1. The summed E-state index contributed by atoms with van der Waals surface area (Å²) < 4.78 is 40.4. The predicted molar refractivity (Wildman–Crippen MR) is 141 cm³/mol.